The zero-order valence-electron chi connectivity index (χ0n) is 15.0. The molecule has 29 heavy (non-hydrogen) atoms. The Morgan fingerprint density at radius 1 is 1.03 bits per heavy atom. The zero-order valence-corrected chi connectivity index (χ0v) is 16.6. The number of nitriles is 1. The second kappa shape index (κ2) is 8.27. The minimum Gasteiger partial charge on any atom is -0.478 e. The standard InChI is InChI=1S/C22H14N2O3S2/c23-13-16-15(18-8-4-10-28-18)12-17(19-9-5-11-29-19)24-21(16)27-20(22(25)26)14-6-2-1-3-7-14/h1-12,20H,(H,25,26). The van der Waals surface area contributed by atoms with Crippen molar-refractivity contribution in [3.05, 3.63) is 82.6 Å². The van der Waals surface area contributed by atoms with Crippen LogP contribution in [0.4, 0.5) is 0 Å². The maximum atomic E-state index is 11.9. The van der Waals surface area contributed by atoms with Crippen LogP contribution in [0.2, 0.25) is 0 Å². The fourth-order valence-electron chi connectivity index (χ4n) is 2.89. The molecular formula is C22H14N2O3S2. The molecule has 0 saturated carbocycles. The van der Waals surface area contributed by atoms with Gasteiger partial charge >= 0.3 is 5.97 Å². The molecule has 0 amide bonds. The summed E-state index contributed by atoms with van der Waals surface area (Å²) in [4.78, 5) is 18.2. The van der Waals surface area contributed by atoms with Gasteiger partial charge < -0.3 is 9.84 Å². The van der Waals surface area contributed by atoms with Gasteiger partial charge in [0.15, 0.2) is 0 Å². The van der Waals surface area contributed by atoms with Crippen LogP contribution in [0.3, 0.4) is 0 Å². The average Bonchev–Trinajstić information content (AvgIpc) is 3.46. The molecule has 1 N–H and O–H groups in total. The summed E-state index contributed by atoms with van der Waals surface area (Å²) >= 11 is 3.01. The highest BCUT2D eigenvalue weighted by atomic mass is 32.1. The third-order valence-electron chi connectivity index (χ3n) is 4.21. The lowest BCUT2D eigenvalue weighted by atomic mass is 10.1. The fourth-order valence-corrected chi connectivity index (χ4v) is 4.33. The van der Waals surface area contributed by atoms with Crippen LogP contribution in [-0.4, -0.2) is 16.1 Å². The molecule has 0 bridgehead atoms. The average molecular weight is 418 g/mol. The predicted molar refractivity (Wildman–Crippen MR) is 113 cm³/mol. The van der Waals surface area contributed by atoms with Gasteiger partial charge in [-0.25, -0.2) is 9.78 Å². The van der Waals surface area contributed by atoms with Crippen LogP contribution < -0.4 is 4.74 Å². The van der Waals surface area contributed by atoms with E-state index in [9.17, 15) is 15.2 Å². The molecular weight excluding hydrogens is 404 g/mol. The number of thiophene rings is 2. The molecule has 3 aromatic heterocycles. The van der Waals surface area contributed by atoms with Gasteiger partial charge in [0.25, 0.3) is 0 Å². The van der Waals surface area contributed by atoms with Crippen molar-refractivity contribution in [1.82, 2.24) is 4.98 Å². The number of nitrogens with zero attached hydrogens (tertiary/aromatic N) is 2. The van der Waals surface area contributed by atoms with E-state index >= 15 is 0 Å². The SMILES string of the molecule is N#Cc1c(-c2cccs2)cc(-c2cccs2)nc1OC(C(=O)O)c1ccccc1. The fraction of sp³-hybridized carbons (Fsp3) is 0.0455. The molecule has 0 saturated heterocycles. The van der Waals surface area contributed by atoms with Crippen molar-refractivity contribution in [2.24, 2.45) is 0 Å². The quantitative estimate of drug-likeness (QED) is 0.440. The molecule has 3 heterocycles. The van der Waals surface area contributed by atoms with Crippen molar-refractivity contribution in [2.45, 2.75) is 6.10 Å². The smallest absolute Gasteiger partial charge is 0.349 e. The lowest BCUT2D eigenvalue weighted by Crippen LogP contribution is -2.19. The van der Waals surface area contributed by atoms with Gasteiger partial charge in [0.1, 0.15) is 11.6 Å². The van der Waals surface area contributed by atoms with E-state index in [1.54, 1.807) is 30.3 Å². The maximum Gasteiger partial charge on any atom is 0.349 e. The van der Waals surface area contributed by atoms with Gasteiger partial charge in [-0.05, 0) is 29.0 Å². The largest absolute Gasteiger partial charge is 0.478 e. The number of ether oxygens (including phenoxy) is 1. The van der Waals surface area contributed by atoms with E-state index in [-0.39, 0.29) is 11.4 Å². The lowest BCUT2D eigenvalue weighted by molar-refractivity contribution is -0.145. The van der Waals surface area contributed by atoms with Gasteiger partial charge in [-0.15, -0.1) is 22.7 Å². The number of hydrogen-bond acceptors (Lipinski definition) is 6. The molecule has 1 atom stereocenters. The first-order chi connectivity index (χ1) is 14.2. The molecule has 4 aromatic rings. The first-order valence-corrected chi connectivity index (χ1v) is 10.4. The number of aliphatic carboxylic acids is 1. The highest BCUT2D eigenvalue weighted by Gasteiger charge is 2.26. The van der Waals surface area contributed by atoms with Gasteiger partial charge in [0.05, 0.1) is 10.6 Å². The third-order valence-corrected chi connectivity index (χ3v) is 6.01. The van der Waals surface area contributed by atoms with Crippen LogP contribution in [-0.2, 0) is 4.79 Å². The normalized spacial score (nSPS) is 11.6. The van der Waals surface area contributed by atoms with Crippen molar-refractivity contribution < 1.29 is 14.6 Å². The summed E-state index contributed by atoms with van der Waals surface area (Å²) in [6.07, 6.45) is -1.27. The molecule has 0 aliphatic heterocycles. The summed E-state index contributed by atoms with van der Waals surface area (Å²) in [5, 5.41) is 23.4. The molecule has 0 spiro atoms. The van der Waals surface area contributed by atoms with Crippen LogP contribution in [0.5, 0.6) is 5.88 Å². The Labute approximate surface area is 175 Å². The van der Waals surface area contributed by atoms with Crippen LogP contribution in [0.25, 0.3) is 21.0 Å². The molecule has 0 aliphatic carbocycles. The number of aromatic nitrogens is 1. The van der Waals surface area contributed by atoms with Crippen LogP contribution in [0.15, 0.2) is 71.4 Å². The van der Waals surface area contributed by atoms with Crippen molar-refractivity contribution in [3.63, 3.8) is 0 Å². The Bertz CT molecular complexity index is 1170. The van der Waals surface area contributed by atoms with Crippen molar-refractivity contribution in [2.75, 3.05) is 0 Å². The van der Waals surface area contributed by atoms with Crippen LogP contribution in [0, 0.1) is 11.3 Å². The number of carboxylic acids is 1. The summed E-state index contributed by atoms with van der Waals surface area (Å²) < 4.78 is 5.84. The van der Waals surface area contributed by atoms with Gasteiger partial charge in [0.2, 0.25) is 12.0 Å². The number of benzene rings is 1. The Balaban J connectivity index is 1.87. The van der Waals surface area contributed by atoms with E-state index in [0.717, 1.165) is 9.75 Å². The third kappa shape index (κ3) is 3.90. The molecule has 1 aromatic carbocycles. The van der Waals surface area contributed by atoms with E-state index in [1.165, 1.54) is 22.7 Å². The van der Waals surface area contributed by atoms with E-state index in [1.807, 2.05) is 41.1 Å². The van der Waals surface area contributed by atoms with Crippen molar-refractivity contribution in [1.29, 1.82) is 5.26 Å². The Morgan fingerprint density at radius 3 is 2.31 bits per heavy atom. The predicted octanol–water partition coefficient (Wildman–Crippen LogP) is 5.61. The molecule has 4 rings (SSSR count). The highest BCUT2D eigenvalue weighted by molar-refractivity contribution is 7.14. The van der Waals surface area contributed by atoms with Gasteiger partial charge in [0, 0.05) is 16.0 Å². The monoisotopic (exact) mass is 418 g/mol. The highest BCUT2D eigenvalue weighted by Crippen LogP contribution is 2.38. The molecule has 0 radical (unpaired) electrons. The van der Waals surface area contributed by atoms with E-state index in [0.29, 0.717) is 16.8 Å². The van der Waals surface area contributed by atoms with Crippen molar-refractivity contribution in [3.8, 4) is 33.0 Å². The number of hydrogen-bond donors (Lipinski definition) is 1. The summed E-state index contributed by atoms with van der Waals surface area (Å²) in [7, 11) is 0. The topological polar surface area (TPSA) is 83.2 Å². The molecule has 1 unspecified atom stereocenters. The summed E-state index contributed by atoms with van der Waals surface area (Å²) in [5.41, 5.74) is 2.00. The summed E-state index contributed by atoms with van der Waals surface area (Å²) in [5.74, 6) is -1.14. The molecule has 0 aliphatic rings. The van der Waals surface area contributed by atoms with Gasteiger partial charge in [-0.2, -0.15) is 5.26 Å². The Hall–Kier alpha value is -3.47. The second-order valence-electron chi connectivity index (χ2n) is 6.05. The summed E-state index contributed by atoms with van der Waals surface area (Å²) in [6, 6.07) is 20.3. The minimum atomic E-state index is -1.27. The number of carbonyl (C=O) groups is 1. The Kier molecular flexibility index (Phi) is 5.38. The minimum absolute atomic E-state index is 0.0121. The van der Waals surface area contributed by atoms with Gasteiger partial charge in [-0.1, -0.05) is 42.5 Å². The molecule has 142 valence electrons. The number of carboxylic acid groups (broad SMARTS) is 1. The molecule has 7 heteroatoms. The van der Waals surface area contributed by atoms with Crippen LogP contribution >= 0.6 is 22.7 Å². The first-order valence-electron chi connectivity index (χ1n) is 8.64. The van der Waals surface area contributed by atoms with E-state index in [2.05, 4.69) is 11.1 Å². The second-order valence-corrected chi connectivity index (χ2v) is 7.94. The van der Waals surface area contributed by atoms with Gasteiger partial charge in [-0.3, -0.25) is 0 Å². The zero-order chi connectivity index (χ0) is 20.2. The Morgan fingerprint density at radius 2 is 1.72 bits per heavy atom. The molecule has 5 nitrogen and oxygen atoms in total. The maximum absolute atomic E-state index is 11.9. The summed E-state index contributed by atoms with van der Waals surface area (Å²) in [6.45, 7) is 0. The van der Waals surface area contributed by atoms with Crippen molar-refractivity contribution >= 4 is 28.6 Å². The molecule has 0 fully saturated rings. The van der Waals surface area contributed by atoms with E-state index < -0.39 is 12.1 Å². The lowest BCUT2D eigenvalue weighted by Gasteiger charge is -2.17. The van der Waals surface area contributed by atoms with E-state index in [4.69, 9.17) is 4.74 Å². The number of rotatable bonds is 6. The first kappa shape index (κ1) is 18.9. The number of pyridine rings is 1. The van der Waals surface area contributed by atoms with Crippen LogP contribution in [0.1, 0.15) is 17.2 Å².